The zero-order valence-electron chi connectivity index (χ0n) is 11.6. The van der Waals surface area contributed by atoms with Gasteiger partial charge in [0.15, 0.2) is 4.32 Å². The molecular formula is C14H18N2O2S2. The number of thioether (sulfide) groups is 1. The van der Waals surface area contributed by atoms with Crippen molar-refractivity contribution in [1.82, 2.24) is 10.0 Å². The van der Waals surface area contributed by atoms with Crippen LogP contribution < -0.4 is 0 Å². The number of hydrogen-bond donors (Lipinski definition) is 0. The van der Waals surface area contributed by atoms with Gasteiger partial charge in [-0.25, -0.2) is 9.80 Å². The number of thiocarbonyl (C=S) groups is 1. The molecule has 0 N–H and O–H groups in total. The average molecular weight is 310 g/mol. The van der Waals surface area contributed by atoms with Crippen molar-refractivity contribution in [2.75, 3.05) is 19.9 Å². The van der Waals surface area contributed by atoms with Crippen LogP contribution in [0.1, 0.15) is 5.56 Å². The molecule has 0 radical (unpaired) electrons. The summed E-state index contributed by atoms with van der Waals surface area (Å²) in [6.45, 7) is 4.10. The third kappa shape index (κ3) is 4.86. The number of amides is 1. The molecule has 0 saturated heterocycles. The van der Waals surface area contributed by atoms with Gasteiger partial charge in [-0.2, -0.15) is 0 Å². The summed E-state index contributed by atoms with van der Waals surface area (Å²) in [4.78, 5) is 12.1. The van der Waals surface area contributed by atoms with E-state index in [9.17, 15) is 4.79 Å². The highest BCUT2D eigenvalue weighted by Crippen LogP contribution is 2.13. The third-order valence-corrected chi connectivity index (χ3v) is 3.89. The topological polar surface area (TPSA) is 32.8 Å². The van der Waals surface area contributed by atoms with Gasteiger partial charge in [-0.3, -0.25) is 5.01 Å². The zero-order valence-corrected chi connectivity index (χ0v) is 13.2. The van der Waals surface area contributed by atoms with Gasteiger partial charge in [0.05, 0.1) is 6.54 Å². The van der Waals surface area contributed by atoms with Crippen LogP contribution in [0.5, 0.6) is 0 Å². The summed E-state index contributed by atoms with van der Waals surface area (Å²) in [5.41, 5.74) is 0.999. The van der Waals surface area contributed by atoms with Crippen LogP contribution in [0.25, 0.3) is 0 Å². The van der Waals surface area contributed by atoms with E-state index in [1.54, 1.807) is 12.1 Å². The van der Waals surface area contributed by atoms with Gasteiger partial charge in [0.25, 0.3) is 0 Å². The molecule has 0 heterocycles. The van der Waals surface area contributed by atoms with Crippen molar-refractivity contribution in [1.29, 1.82) is 0 Å². The molecule has 1 aromatic carbocycles. The Bertz CT molecular complexity index is 466. The number of nitrogens with zero attached hydrogens (tertiary/aromatic N) is 2. The Hall–Kier alpha value is -1.53. The van der Waals surface area contributed by atoms with E-state index in [4.69, 9.17) is 17.0 Å². The lowest BCUT2D eigenvalue weighted by molar-refractivity contribution is 0.0398. The summed E-state index contributed by atoms with van der Waals surface area (Å²) >= 11 is 6.62. The third-order valence-electron chi connectivity index (χ3n) is 2.51. The Balaban J connectivity index is 2.86. The van der Waals surface area contributed by atoms with E-state index in [1.165, 1.54) is 22.8 Å². The predicted molar refractivity (Wildman–Crippen MR) is 87.4 cm³/mol. The molecule has 0 aliphatic heterocycles. The molecule has 0 fully saturated rings. The van der Waals surface area contributed by atoms with E-state index >= 15 is 0 Å². The van der Waals surface area contributed by atoms with E-state index < -0.39 is 6.09 Å². The van der Waals surface area contributed by atoms with Crippen molar-refractivity contribution >= 4 is 34.4 Å². The van der Waals surface area contributed by atoms with E-state index in [-0.39, 0.29) is 6.61 Å². The highest BCUT2D eigenvalue weighted by molar-refractivity contribution is 8.22. The maximum Gasteiger partial charge on any atom is 0.429 e. The lowest BCUT2D eigenvalue weighted by Gasteiger charge is -2.32. The maximum absolute atomic E-state index is 12.1. The van der Waals surface area contributed by atoms with Crippen molar-refractivity contribution in [2.45, 2.75) is 6.54 Å². The number of rotatable bonds is 4. The highest BCUT2D eigenvalue weighted by atomic mass is 32.2. The molecule has 0 unspecified atom stereocenters. The molecule has 0 bridgehead atoms. The summed E-state index contributed by atoms with van der Waals surface area (Å²) in [5, 5.41) is 3.09. The SMILES string of the molecule is C=CCOC(=O)N(Cc1ccccc1)N(C)C(=S)SC. The van der Waals surface area contributed by atoms with Gasteiger partial charge >= 0.3 is 6.09 Å². The second-order valence-corrected chi connectivity index (χ2v) is 5.34. The summed E-state index contributed by atoms with van der Waals surface area (Å²) in [6, 6.07) is 9.68. The number of carbonyl (C=O) groups excluding carboxylic acids is 1. The predicted octanol–water partition coefficient (Wildman–Crippen LogP) is 3.31. The maximum atomic E-state index is 12.1. The molecule has 108 valence electrons. The van der Waals surface area contributed by atoms with Gasteiger partial charge in [0, 0.05) is 7.05 Å². The number of benzene rings is 1. The summed E-state index contributed by atoms with van der Waals surface area (Å²) in [5.74, 6) is 0. The summed E-state index contributed by atoms with van der Waals surface area (Å²) < 4.78 is 5.69. The fourth-order valence-corrected chi connectivity index (χ4v) is 1.95. The van der Waals surface area contributed by atoms with E-state index in [0.717, 1.165) is 5.56 Å². The van der Waals surface area contributed by atoms with E-state index in [2.05, 4.69) is 6.58 Å². The van der Waals surface area contributed by atoms with Gasteiger partial charge in [-0.1, -0.05) is 67.0 Å². The van der Waals surface area contributed by atoms with Crippen LogP contribution in [0.2, 0.25) is 0 Å². The van der Waals surface area contributed by atoms with Crippen LogP contribution in [0.15, 0.2) is 43.0 Å². The fourth-order valence-electron chi connectivity index (χ4n) is 1.48. The van der Waals surface area contributed by atoms with Crippen LogP contribution in [-0.4, -0.2) is 40.3 Å². The first-order chi connectivity index (χ1) is 9.60. The Morgan fingerprint density at radius 3 is 2.65 bits per heavy atom. The van der Waals surface area contributed by atoms with E-state index in [0.29, 0.717) is 10.9 Å². The lowest BCUT2D eigenvalue weighted by atomic mass is 10.2. The van der Waals surface area contributed by atoms with Crippen molar-refractivity contribution in [3.05, 3.63) is 48.6 Å². The molecule has 0 aliphatic rings. The second kappa shape index (κ2) is 8.60. The summed E-state index contributed by atoms with van der Waals surface area (Å²) in [6.07, 6.45) is 2.95. The first kappa shape index (κ1) is 16.5. The molecule has 0 aliphatic carbocycles. The van der Waals surface area contributed by atoms with Gasteiger partial charge in [-0.15, -0.1) is 0 Å². The van der Waals surface area contributed by atoms with Crippen LogP contribution in [-0.2, 0) is 11.3 Å². The molecule has 6 heteroatoms. The minimum atomic E-state index is -0.451. The van der Waals surface area contributed by atoms with E-state index in [1.807, 2.05) is 36.6 Å². The molecular weight excluding hydrogens is 292 g/mol. The number of hydrazine groups is 1. The first-order valence-electron chi connectivity index (χ1n) is 6.00. The Morgan fingerprint density at radius 2 is 2.10 bits per heavy atom. The lowest BCUT2D eigenvalue weighted by Crippen LogP contribution is -2.45. The number of hydrogen-bond acceptors (Lipinski definition) is 4. The van der Waals surface area contributed by atoms with Crippen molar-refractivity contribution in [3.8, 4) is 0 Å². The molecule has 0 atom stereocenters. The standard InChI is InChI=1S/C14H18N2O2S2/c1-4-10-18-13(17)16(15(2)14(19)20-3)11-12-8-6-5-7-9-12/h4-9H,1,10-11H2,2-3H3. The molecule has 1 rings (SSSR count). The molecule has 0 saturated carbocycles. The van der Waals surface area contributed by atoms with Crippen LogP contribution in [0.4, 0.5) is 4.79 Å². The average Bonchev–Trinajstić information content (AvgIpc) is 2.49. The highest BCUT2D eigenvalue weighted by Gasteiger charge is 2.21. The van der Waals surface area contributed by atoms with Crippen molar-refractivity contribution in [2.24, 2.45) is 0 Å². The normalized spacial score (nSPS) is 9.70. The van der Waals surface area contributed by atoms with Crippen molar-refractivity contribution in [3.63, 3.8) is 0 Å². The minimum absolute atomic E-state index is 0.171. The monoisotopic (exact) mass is 310 g/mol. The van der Waals surface area contributed by atoms with Gasteiger partial charge < -0.3 is 4.74 Å². The van der Waals surface area contributed by atoms with Gasteiger partial charge in [0.1, 0.15) is 6.61 Å². The fraction of sp³-hybridized carbons (Fsp3) is 0.286. The Labute approximate surface area is 129 Å². The van der Waals surface area contributed by atoms with Gasteiger partial charge in [-0.05, 0) is 11.8 Å². The quantitative estimate of drug-likeness (QED) is 0.484. The first-order valence-corrected chi connectivity index (χ1v) is 7.64. The summed E-state index contributed by atoms with van der Waals surface area (Å²) in [7, 11) is 1.75. The molecule has 4 nitrogen and oxygen atoms in total. The molecule has 1 aromatic rings. The second-order valence-electron chi connectivity index (χ2n) is 3.90. The number of ether oxygens (including phenoxy) is 1. The number of carbonyl (C=O) groups is 1. The Kier molecular flexibility index (Phi) is 7.11. The molecule has 1 amide bonds. The molecule has 20 heavy (non-hydrogen) atoms. The van der Waals surface area contributed by atoms with Crippen LogP contribution in [0, 0.1) is 0 Å². The minimum Gasteiger partial charge on any atom is -0.444 e. The largest absolute Gasteiger partial charge is 0.444 e. The zero-order chi connectivity index (χ0) is 15.0. The van der Waals surface area contributed by atoms with Crippen LogP contribution in [0.3, 0.4) is 0 Å². The van der Waals surface area contributed by atoms with Crippen LogP contribution >= 0.6 is 24.0 Å². The molecule has 0 spiro atoms. The van der Waals surface area contributed by atoms with Crippen molar-refractivity contribution < 1.29 is 9.53 Å². The smallest absolute Gasteiger partial charge is 0.429 e. The van der Waals surface area contributed by atoms with Gasteiger partial charge in [0.2, 0.25) is 0 Å². The molecule has 0 aromatic heterocycles. The Morgan fingerprint density at radius 1 is 1.45 bits per heavy atom.